The number of aromatic carboxylic acids is 1. The number of ether oxygens (including phenoxy) is 1. The summed E-state index contributed by atoms with van der Waals surface area (Å²) in [6.45, 7) is 0.628. The van der Waals surface area contributed by atoms with E-state index in [-0.39, 0.29) is 17.7 Å². The summed E-state index contributed by atoms with van der Waals surface area (Å²) in [5.41, 5.74) is 3.95. The van der Waals surface area contributed by atoms with Crippen LogP contribution in [0.4, 0.5) is 5.82 Å². The van der Waals surface area contributed by atoms with Crippen molar-refractivity contribution in [2.24, 2.45) is 0 Å². The van der Waals surface area contributed by atoms with Gasteiger partial charge in [0, 0.05) is 50.1 Å². The molecule has 4 heterocycles. The lowest BCUT2D eigenvalue weighted by Crippen LogP contribution is -2.20. The van der Waals surface area contributed by atoms with Crippen molar-refractivity contribution in [3.8, 4) is 11.3 Å². The van der Waals surface area contributed by atoms with Crippen molar-refractivity contribution in [2.75, 3.05) is 19.1 Å². The van der Waals surface area contributed by atoms with Gasteiger partial charge in [-0.05, 0) is 37.0 Å². The van der Waals surface area contributed by atoms with E-state index < -0.39 is 5.97 Å². The summed E-state index contributed by atoms with van der Waals surface area (Å²) in [6.07, 6.45) is 8.51. The molecule has 0 aliphatic heterocycles. The van der Waals surface area contributed by atoms with Gasteiger partial charge in [0.25, 0.3) is 0 Å². The molecular formula is C28H28N6O3. The quantitative estimate of drug-likeness (QED) is 0.345. The van der Waals surface area contributed by atoms with Gasteiger partial charge in [-0.3, -0.25) is 0 Å². The summed E-state index contributed by atoms with van der Waals surface area (Å²) in [6, 6.07) is 16.2. The maximum absolute atomic E-state index is 12.0. The van der Waals surface area contributed by atoms with Gasteiger partial charge in [-0.25, -0.2) is 14.8 Å². The molecule has 37 heavy (non-hydrogen) atoms. The predicted molar refractivity (Wildman–Crippen MR) is 141 cm³/mol. The summed E-state index contributed by atoms with van der Waals surface area (Å²) in [5.74, 6) is -0.314. The lowest BCUT2D eigenvalue weighted by molar-refractivity contribution is 0.0698. The summed E-state index contributed by atoms with van der Waals surface area (Å²) >= 11 is 0. The second kappa shape index (κ2) is 9.33. The zero-order valence-electron chi connectivity index (χ0n) is 20.8. The first-order valence-electron chi connectivity index (χ1n) is 12.4. The van der Waals surface area contributed by atoms with Crippen molar-refractivity contribution >= 4 is 28.5 Å². The van der Waals surface area contributed by atoms with E-state index in [2.05, 4.69) is 32.9 Å². The number of carboxylic acid groups (broad SMARTS) is 1. The number of carboxylic acids is 1. The van der Waals surface area contributed by atoms with Crippen molar-refractivity contribution in [3.63, 3.8) is 0 Å². The number of hydrogen-bond acceptors (Lipinski definition) is 6. The Kier molecular flexibility index (Phi) is 5.84. The van der Waals surface area contributed by atoms with E-state index in [1.54, 1.807) is 17.8 Å². The zero-order valence-corrected chi connectivity index (χ0v) is 20.8. The van der Waals surface area contributed by atoms with Crippen LogP contribution in [0.25, 0.3) is 27.9 Å². The molecule has 0 radical (unpaired) electrons. The van der Waals surface area contributed by atoms with Crippen LogP contribution in [0.15, 0.2) is 67.1 Å². The molecule has 1 N–H and O–H groups in total. The number of benzene rings is 1. The topological polar surface area (TPSA) is 97.8 Å². The fourth-order valence-electron chi connectivity index (χ4n) is 5.49. The standard InChI is InChI=1S/C28H28N6O3/c1-32(16-18-8-4-3-5-9-18)25-14-22(31-27-20(28(35)36)15-30-34(25)27)21-17-33(23-11-6-12-24(23)37-2)26-19(21)10-7-13-29-26/h3-5,7-10,13-15,17,23-24H,6,11-12,16H2,1-2H3,(H,35,36)/t23-,24-/m1/s1. The second-order valence-corrected chi connectivity index (χ2v) is 9.54. The Morgan fingerprint density at radius 3 is 2.78 bits per heavy atom. The van der Waals surface area contributed by atoms with Gasteiger partial charge in [-0.15, -0.1) is 0 Å². The first kappa shape index (κ1) is 23.2. The molecule has 1 aliphatic rings. The van der Waals surface area contributed by atoms with E-state index in [1.165, 1.54) is 6.20 Å². The van der Waals surface area contributed by atoms with E-state index in [0.29, 0.717) is 17.9 Å². The lowest BCUT2D eigenvalue weighted by atomic mass is 10.1. The number of carbonyl (C=O) groups is 1. The molecule has 0 amide bonds. The molecule has 5 aromatic rings. The highest BCUT2D eigenvalue weighted by atomic mass is 16.5. The van der Waals surface area contributed by atoms with Crippen molar-refractivity contribution in [1.82, 2.24) is 24.1 Å². The van der Waals surface area contributed by atoms with Gasteiger partial charge in [-0.1, -0.05) is 30.3 Å². The zero-order chi connectivity index (χ0) is 25.5. The summed E-state index contributed by atoms with van der Waals surface area (Å²) in [5, 5.41) is 15.2. The Balaban J connectivity index is 1.54. The number of anilines is 1. The fourth-order valence-corrected chi connectivity index (χ4v) is 5.49. The number of nitrogens with zero attached hydrogens (tertiary/aromatic N) is 6. The third-order valence-corrected chi connectivity index (χ3v) is 7.28. The minimum Gasteiger partial charge on any atom is -0.477 e. The van der Waals surface area contributed by atoms with Crippen LogP contribution < -0.4 is 4.90 Å². The molecule has 9 heteroatoms. The first-order chi connectivity index (χ1) is 18.0. The molecule has 0 spiro atoms. The van der Waals surface area contributed by atoms with Gasteiger partial charge < -0.3 is 19.3 Å². The number of hydrogen-bond donors (Lipinski definition) is 1. The van der Waals surface area contributed by atoms with Gasteiger partial charge in [0.05, 0.1) is 24.0 Å². The van der Waals surface area contributed by atoms with Gasteiger partial charge in [0.1, 0.15) is 17.0 Å². The Morgan fingerprint density at radius 2 is 2.00 bits per heavy atom. The van der Waals surface area contributed by atoms with E-state index >= 15 is 0 Å². The van der Waals surface area contributed by atoms with E-state index in [9.17, 15) is 9.90 Å². The average Bonchev–Trinajstić information content (AvgIpc) is 3.65. The van der Waals surface area contributed by atoms with Crippen LogP contribution in [0.3, 0.4) is 0 Å². The Labute approximate surface area is 213 Å². The average molecular weight is 497 g/mol. The van der Waals surface area contributed by atoms with Crippen LogP contribution in [0, 0.1) is 0 Å². The first-order valence-corrected chi connectivity index (χ1v) is 12.4. The van der Waals surface area contributed by atoms with Crippen LogP contribution in [0.5, 0.6) is 0 Å². The Morgan fingerprint density at radius 1 is 1.16 bits per heavy atom. The van der Waals surface area contributed by atoms with Crippen molar-refractivity contribution < 1.29 is 14.6 Å². The number of pyridine rings is 1. The monoisotopic (exact) mass is 496 g/mol. The van der Waals surface area contributed by atoms with Crippen LogP contribution in [-0.2, 0) is 11.3 Å². The van der Waals surface area contributed by atoms with Gasteiger partial charge in [0.15, 0.2) is 5.65 Å². The van der Waals surface area contributed by atoms with Gasteiger partial charge >= 0.3 is 5.97 Å². The molecule has 9 nitrogen and oxygen atoms in total. The number of rotatable bonds is 7. The molecule has 4 aromatic heterocycles. The number of aromatic nitrogens is 5. The fraction of sp³-hybridized carbons (Fsp3) is 0.286. The molecule has 1 aromatic carbocycles. The largest absolute Gasteiger partial charge is 0.477 e. The van der Waals surface area contributed by atoms with Crippen LogP contribution >= 0.6 is 0 Å². The van der Waals surface area contributed by atoms with E-state index in [1.807, 2.05) is 43.4 Å². The van der Waals surface area contributed by atoms with Gasteiger partial charge in [0.2, 0.25) is 0 Å². The molecule has 0 unspecified atom stereocenters. The summed E-state index contributed by atoms with van der Waals surface area (Å²) in [7, 11) is 3.74. The molecule has 2 atom stereocenters. The molecule has 6 rings (SSSR count). The molecule has 1 fully saturated rings. The van der Waals surface area contributed by atoms with Crippen LogP contribution in [0.1, 0.15) is 41.2 Å². The van der Waals surface area contributed by atoms with Crippen LogP contribution in [-0.4, -0.2) is 55.5 Å². The van der Waals surface area contributed by atoms with Crippen molar-refractivity contribution in [2.45, 2.75) is 38.0 Å². The normalized spacial score (nSPS) is 17.6. The molecular weight excluding hydrogens is 468 g/mol. The lowest BCUT2D eigenvalue weighted by Gasteiger charge is -2.21. The Hall–Kier alpha value is -4.24. The summed E-state index contributed by atoms with van der Waals surface area (Å²) in [4.78, 5) is 23.6. The number of methoxy groups -OCH3 is 1. The van der Waals surface area contributed by atoms with Crippen molar-refractivity contribution in [3.05, 3.63) is 78.2 Å². The smallest absolute Gasteiger partial charge is 0.341 e. The molecule has 0 saturated heterocycles. The maximum atomic E-state index is 12.0. The van der Waals surface area contributed by atoms with Crippen molar-refractivity contribution in [1.29, 1.82) is 0 Å². The van der Waals surface area contributed by atoms with E-state index in [4.69, 9.17) is 14.7 Å². The minimum absolute atomic E-state index is 0.0633. The number of fused-ring (bicyclic) bond motifs is 2. The molecule has 1 aliphatic carbocycles. The summed E-state index contributed by atoms with van der Waals surface area (Å²) < 4.78 is 9.60. The third-order valence-electron chi connectivity index (χ3n) is 7.28. The molecule has 1 saturated carbocycles. The predicted octanol–water partition coefficient (Wildman–Crippen LogP) is 4.82. The van der Waals surface area contributed by atoms with E-state index in [0.717, 1.165) is 47.2 Å². The SMILES string of the molecule is CO[C@@H]1CCC[C@H]1n1cc(-c2cc(N(C)Cc3ccccc3)n3ncc(C(=O)O)c3n2)c2cccnc21. The molecule has 188 valence electrons. The second-order valence-electron chi connectivity index (χ2n) is 9.54. The Bertz CT molecular complexity index is 1590. The minimum atomic E-state index is -1.06. The third kappa shape index (κ3) is 4.01. The highest BCUT2D eigenvalue weighted by molar-refractivity contribution is 5.97. The van der Waals surface area contributed by atoms with Crippen LogP contribution in [0.2, 0.25) is 0 Å². The maximum Gasteiger partial charge on any atom is 0.341 e. The highest BCUT2D eigenvalue weighted by Gasteiger charge is 2.31. The van der Waals surface area contributed by atoms with Gasteiger partial charge in [-0.2, -0.15) is 9.61 Å². The highest BCUT2D eigenvalue weighted by Crippen LogP contribution is 2.38. The molecule has 0 bridgehead atoms.